The Morgan fingerprint density at radius 2 is 2.25 bits per heavy atom. The van der Waals surface area contributed by atoms with Gasteiger partial charge in [0.2, 0.25) is 0 Å². The van der Waals surface area contributed by atoms with Crippen LogP contribution in [0.25, 0.3) is 0 Å². The van der Waals surface area contributed by atoms with E-state index in [2.05, 4.69) is 0 Å². The van der Waals surface area contributed by atoms with Crippen LogP contribution in [0.3, 0.4) is 0 Å². The van der Waals surface area contributed by atoms with Crippen LogP contribution in [0.15, 0.2) is 18.2 Å². The number of ether oxygens (including phenoxy) is 1. The van der Waals surface area contributed by atoms with Crippen molar-refractivity contribution in [2.75, 3.05) is 19.7 Å². The zero-order valence-electron chi connectivity index (χ0n) is 11.8. The first-order valence-corrected chi connectivity index (χ1v) is 7.56. The second-order valence-corrected chi connectivity index (χ2v) is 5.65. The predicted octanol–water partition coefficient (Wildman–Crippen LogP) is 1.96. The molecule has 1 aromatic carbocycles. The molecule has 0 bridgehead atoms. The van der Waals surface area contributed by atoms with Gasteiger partial charge in [0.05, 0.1) is 6.61 Å². The molecule has 4 heteroatoms. The van der Waals surface area contributed by atoms with Gasteiger partial charge < -0.3 is 15.4 Å². The lowest BCUT2D eigenvalue weighted by atomic mass is 9.90. The molecule has 1 fully saturated rings. The Balaban J connectivity index is 1.77. The van der Waals surface area contributed by atoms with Gasteiger partial charge in [-0.15, -0.1) is 0 Å². The van der Waals surface area contributed by atoms with Gasteiger partial charge in [0, 0.05) is 24.6 Å². The third kappa shape index (κ3) is 2.52. The van der Waals surface area contributed by atoms with Crippen LogP contribution in [-0.4, -0.2) is 36.5 Å². The van der Waals surface area contributed by atoms with Gasteiger partial charge in [-0.05, 0) is 56.0 Å². The van der Waals surface area contributed by atoms with Crippen molar-refractivity contribution < 1.29 is 9.53 Å². The lowest BCUT2D eigenvalue weighted by molar-refractivity contribution is 0.0578. The normalized spacial score (nSPS) is 17.2. The van der Waals surface area contributed by atoms with Crippen LogP contribution in [0.4, 0.5) is 0 Å². The number of rotatable bonds is 5. The number of hydrogen-bond donors (Lipinski definition) is 1. The fraction of sp³-hybridized carbons (Fsp3) is 0.562. The zero-order chi connectivity index (χ0) is 13.9. The number of nitrogens with zero attached hydrogens (tertiary/aromatic N) is 1. The van der Waals surface area contributed by atoms with Gasteiger partial charge in [-0.2, -0.15) is 0 Å². The van der Waals surface area contributed by atoms with E-state index in [1.807, 2.05) is 23.1 Å². The van der Waals surface area contributed by atoms with Crippen molar-refractivity contribution >= 4 is 5.91 Å². The highest BCUT2D eigenvalue weighted by Crippen LogP contribution is 2.29. The van der Waals surface area contributed by atoms with E-state index in [1.54, 1.807) is 0 Å². The molecule has 20 heavy (non-hydrogen) atoms. The molecule has 2 N–H and O–H groups in total. The van der Waals surface area contributed by atoms with Gasteiger partial charge in [0.25, 0.3) is 5.91 Å². The van der Waals surface area contributed by atoms with Crippen molar-refractivity contribution in [3.8, 4) is 5.75 Å². The van der Waals surface area contributed by atoms with E-state index in [0.29, 0.717) is 12.6 Å². The summed E-state index contributed by atoms with van der Waals surface area (Å²) in [7, 11) is 0. The monoisotopic (exact) mass is 274 g/mol. The standard InChI is InChI=1S/C16H22N2O2/c17-8-2-9-18(14-3-1-4-14)16(19)13-5-6-15-12(11-13)7-10-20-15/h5-6,11,14H,1-4,7-10,17H2. The molecular weight excluding hydrogens is 252 g/mol. The molecule has 2 aliphatic rings. The number of carbonyl (C=O) groups excluding carboxylic acids is 1. The average Bonchev–Trinajstić information content (AvgIpc) is 2.87. The average molecular weight is 274 g/mol. The number of carbonyl (C=O) groups is 1. The molecule has 1 amide bonds. The molecule has 1 heterocycles. The fourth-order valence-electron chi connectivity index (χ4n) is 2.90. The number of hydrogen-bond acceptors (Lipinski definition) is 3. The Morgan fingerprint density at radius 3 is 2.95 bits per heavy atom. The first-order chi connectivity index (χ1) is 9.79. The van der Waals surface area contributed by atoms with Crippen molar-refractivity contribution in [3.63, 3.8) is 0 Å². The number of fused-ring (bicyclic) bond motifs is 1. The lowest BCUT2D eigenvalue weighted by Crippen LogP contribution is -2.45. The fourth-order valence-corrected chi connectivity index (χ4v) is 2.90. The summed E-state index contributed by atoms with van der Waals surface area (Å²) in [6.07, 6.45) is 5.27. The number of nitrogens with two attached hydrogens (primary N) is 1. The lowest BCUT2D eigenvalue weighted by Gasteiger charge is -2.37. The van der Waals surface area contributed by atoms with Gasteiger partial charge in [-0.3, -0.25) is 4.79 Å². The van der Waals surface area contributed by atoms with Crippen LogP contribution in [0, 0.1) is 0 Å². The predicted molar refractivity (Wildman–Crippen MR) is 78.0 cm³/mol. The molecular formula is C16H22N2O2. The van der Waals surface area contributed by atoms with E-state index >= 15 is 0 Å². The van der Waals surface area contributed by atoms with Crippen LogP contribution in [0.1, 0.15) is 41.6 Å². The highest BCUT2D eigenvalue weighted by molar-refractivity contribution is 5.95. The summed E-state index contributed by atoms with van der Waals surface area (Å²) < 4.78 is 5.50. The first-order valence-electron chi connectivity index (χ1n) is 7.56. The molecule has 0 atom stereocenters. The highest BCUT2D eigenvalue weighted by atomic mass is 16.5. The number of amides is 1. The van der Waals surface area contributed by atoms with E-state index in [4.69, 9.17) is 10.5 Å². The van der Waals surface area contributed by atoms with E-state index < -0.39 is 0 Å². The maximum absolute atomic E-state index is 12.7. The van der Waals surface area contributed by atoms with Gasteiger partial charge in [-0.25, -0.2) is 0 Å². The Bertz CT molecular complexity index is 497. The quantitative estimate of drug-likeness (QED) is 0.893. The minimum absolute atomic E-state index is 0.151. The summed E-state index contributed by atoms with van der Waals surface area (Å²) in [6, 6.07) is 6.23. The van der Waals surface area contributed by atoms with Gasteiger partial charge in [0.1, 0.15) is 5.75 Å². The molecule has 108 valence electrons. The summed E-state index contributed by atoms with van der Waals surface area (Å²) >= 11 is 0. The van der Waals surface area contributed by atoms with Crippen molar-refractivity contribution in [2.45, 2.75) is 38.1 Å². The van der Waals surface area contributed by atoms with Crippen LogP contribution in [-0.2, 0) is 6.42 Å². The molecule has 0 spiro atoms. The molecule has 3 rings (SSSR count). The van der Waals surface area contributed by atoms with E-state index in [0.717, 1.165) is 55.7 Å². The van der Waals surface area contributed by atoms with Gasteiger partial charge >= 0.3 is 0 Å². The third-order valence-electron chi connectivity index (χ3n) is 4.32. The molecule has 1 aliphatic carbocycles. The van der Waals surface area contributed by atoms with Crippen LogP contribution in [0.5, 0.6) is 5.75 Å². The Hall–Kier alpha value is -1.55. The summed E-state index contributed by atoms with van der Waals surface area (Å²) in [5.74, 6) is 1.08. The van der Waals surface area contributed by atoms with E-state index in [9.17, 15) is 4.79 Å². The SMILES string of the molecule is NCCCN(C(=O)c1ccc2c(c1)CCO2)C1CCC1. The minimum atomic E-state index is 0.151. The second-order valence-electron chi connectivity index (χ2n) is 5.65. The summed E-state index contributed by atoms with van der Waals surface area (Å²) in [5.41, 5.74) is 7.54. The maximum Gasteiger partial charge on any atom is 0.254 e. The largest absolute Gasteiger partial charge is 0.493 e. The van der Waals surface area contributed by atoms with Gasteiger partial charge in [-0.1, -0.05) is 0 Å². The van der Waals surface area contributed by atoms with Crippen LogP contribution >= 0.6 is 0 Å². The molecule has 1 aliphatic heterocycles. The van der Waals surface area contributed by atoms with Crippen LogP contribution < -0.4 is 10.5 Å². The molecule has 1 saturated carbocycles. The van der Waals surface area contributed by atoms with Crippen LogP contribution in [0.2, 0.25) is 0 Å². The molecule has 0 unspecified atom stereocenters. The molecule has 0 radical (unpaired) electrons. The Labute approximate surface area is 119 Å². The topological polar surface area (TPSA) is 55.6 Å². The minimum Gasteiger partial charge on any atom is -0.493 e. The first kappa shape index (κ1) is 13.4. The summed E-state index contributed by atoms with van der Waals surface area (Å²) in [5, 5.41) is 0. The second kappa shape index (κ2) is 5.83. The summed E-state index contributed by atoms with van der Waals surface area (Å²) in [6.45, 7) is 2.13. The summed E-state index contributed by atoms with van der Waals surface area (Å²) in [4.78, 5) is 14.8. The molecule has 0 aromatic heterocycles. The van der Waals surface area contributed by atoms with E-state index in [1.165, 1.54) is 6.42 Å². The number of benzene rings is 1. The Morgan fingerprint density at radius 1 is 1.40 bits per heavy atom. The Kier molecular flexibility index (Phi) is 3.92. The van der Waals surface area contributed by atoms with Crippen molar-refractivity contribution in [1.82, 2.24) is 4.90 Å². The molecule has 4 nitrogen and oxygen atoms in total. The molecule has 0 saturated heterocycles. The van der Waals surface area contributed by atoms with Crippen molar-refractivity contribution in [1.29, 1.82) is 0 Å². The maximum atomic E-state index is 12.7. The van der Waals surface area contributed by atoms with Gasteiger partial charge in [0.15, 0.2) is 0 Å². The molecule has 1 aromatic rings. The van der Waals surface area contributed by atoms with Crippen molar-refractivity contribution in [3.05, 3.63) is 29.3 Å². The van der Waals surface area contributed by atoms with Crippen molar-refractivity contribution in [2.24, 2.45) is 5.73 Å². The third-order valence-corrected chi connectivity index (χ3v) is 4.32. The smallest absolute Gasteiger partial charge is 0.254 e. The highest BCUT2D eigenvalue weighted by Gasteiger charge is 2.29. The van der Waals surface area contributed by atoms with E-state index in [-0.39, 0.29) is 5.91 Å². The zero-order valence-corrected chi connectivity index (χ0v) is 11.8.